The molecule has 3 heterocycles. The quantitative estimate of drug-likeness (QED) is 0.736. The summed E-state index contributed by atoms with van der Waals surface area (Å²) in [7, 11) is 1.98. The lowest BCUT2D eigenvalue weighted by Crippen LogP contribution is -2.62. The third-order valence-electron chi connectivity index (χ3n) is 7.44. The Balaban J connectivity index is 1.18. The zero-order valence-corrected chi connectivity index (χ0v) is 16.4. The van der Waals surface area contributed by atoms with Crippen molar-refractivity contribution in [1.82, 2.24) is 14.7 Å². The van der Waals surface area contributed by atoms with Crippen molar-refractivity contribution in [2.24, 2.45) is 17.8 Å². The van der Waals surface area contributed by atoms with E-state index in [0.29, 0.717) is 49.6 Å². The lowest BCUT2D eigenvalue weighted by atomic mass is 9.89. The van der Waals surface area contributed by atoms with Gasteiger partial charge in [0.15, 0.2) is 0 Å². The van der Waals surface area contributed by atoms with E-state index in [1.54, 1.807) is 0 Å². The summed E-state index contributed by atoms with van der Waals surface area (Å²) in [6, 6.07) is 1.26. The largest absolute Gasteiger partial charge is 0.450 e. The molecule has 0 radical (unpaired) electrons. The molecular weight excluding hydrogens is 346 g/mol. The second-order valence-corrected chi connectivity index (χ2v) is 9.06. The Morgan fingerprint density at radius 2 is 1.70 bits per heavy atom. The molecule has 5 atom stereocenters. The van der Waals surface area contributed by atoms with E-state index in [9.17, 15) is 9.59 Å². The van der Waals surface area contributed by atoms with Crippen LogP contribution in [0.4, 0.5) is 4.79 Å². The molecule has 2 aliphatic carbocycles. The molecule has 2 bridgehead atoms. The summed E-state index contributed by atoms with van der Waals surface area (Å²) in [5.74, 6) is 1.76. The Morgan fingerprint density at radius 3 is 2.26 bits per heavy atom. The number of nitrogens with zero attached hydrogens (tertiary/aromatic N) is 3. The highest BCUT2D eigenvalue weighted by Crippen LogP contribution is 2.54. The van der Waals surface area contributed by atoms with E-state index < -0.39 is 0 Å². The number of ether oxygens (including phenoxy) is 2. The first-order chi connectivity index (χ1) is 13.1. The number of amides is 2. The molecule has 3 unspecified atom stereocenters. The van der Waals surface area contributed by atoms with Crippen LogP contribution in [-0.2, 0) is 14.3 Å². The van der Waals surface area contributed by atoms with Crippen LogP contribution in [0.5, 0.6) is 0 Å². The van der Waals surface area contributed by atoms with Crippen molar-refractivity contribution < 1.29 is 19.1 Å². The molecular formula is C20H31N3O4. The normalized spacial score (nSPS) is 40.4. The van der Waals surface area contributed by atoms with Gasteiger partial charge in [-0.05, 0) is 44.4 Å². The van der Waals surface area contributed by atoms with Crippen LogP contribution in [-0.4, -0.2) is 90.8 Å². The van der Waals surface area contributed by atoms with E-state index in [1.165, 1.54) is 12.8 Å². The van der Waals surface area contributed by atoms with Crippen LogP contribution in [0.2, 0.25) is 0 Å². The van der Waals surface area contributed by atoms with Gasteiger partial charge in [0.05, 0.1) is 31.9 Å². The molecule has 150 valence electrons. The molecule has 5 fully saturated rings. The maximum atomic E-state index is 12.7. The summed E-state index contributed by atoms with van der Waals surface area (Å²) >= 11 is 0. The molecule has 0 aromatic carbocycles. The van der Waals surface area contributed by atoms with Gasteiger partial charge >= 0.3 is 6.09 Å². The summed E-state index contributed by atoms with van der Waals surface area (Å²) in [6.07, 6.45) is 4.08. The van der Waals surface area contributed by atoms with Crippen molar-refractivity contribution in [2.45, 2.75) is 56.8 Å². The van der Waals surface area contributed by atoms with Gasteiger partial charge in [-0.3, -0.25) is 14.6 Å². The maximum absolute atomic E-state index is 12.7. The number of rotatable bonds is 4. The Bertz CT molecular complexity index is 598. The fraction of sp³-hybridized carbons (Fsp3) is 0.900. The summed E-state index contributed by atoms with van der Waals surface area (Å²) in [6.45, 7) is 5.58. The highest BCUT2D eigenvalue weighted by atomic mass is 16.6. The third kappa shape index (κ3) is 3.03. The summed E-state index contributed by atoms with van der Waals surface area (Å²) in [4.78, 5) is 31.5. The van der Waals surface area contributed by atoms with Crippen molar-refractivity contribution in [3.05, 3.63) is 0 Å². The standard InChI is InChI=1S/C20H31N3O4/c1-3-27-20(25)23-14-6-13(7-15(23)11-26-10-14)22-8-16-17(9-22)18(16)19(24)21(2)12-4-5-12/h12-18H,3-11H2,1-2H3/t13?,14?,15?,16-,17+,18?. The van der Waals surface area contributed by atoms with Crippen LogP contribution in [0.1, 0.15) is 32.6 Å². The van der Waals surface area contributed by atoms with E-state index in [-0.39, 0.29) is 24.1 Å². The molecule has 3 aliphatic heterocycles. The van der Waals surface area contributed by atoms with Crippen LogP contribution in [0, 0.1) is 17.8 Å². The Morgan fingerprint density at radius 1 is 1.07 bits per heavy atom. The van der Waals surface area contributed by atoms with E-state index in [2.05, 4.69) is 4.90 Å². The van der Waals surface area contributed by atoms with Gasteiger partial charge in [-0.25, -0.2) is 4.79 Å². The van der Waals surface area contributed by atoms with Gasteiger partial charge in [-0.15, -0.1) is 0 Å². The van der Waals surface area contributed by atoms with Gasteiger partial charge in [0.25, 0.3) is 0 Å². The molecule has 5 aliphatic rings. The van der Waals surface area contributed by atoms with Gasteiger partial charge < -0.3 is 14.4 Å². The Labute approximate surface area is 160 Å². The second-order valence-electron chi connectivity index (χ2n) is 9.06. The third-order valence-corrected chi connectivity index (χ3v) is 7.44. The van der Waals surface area contributed by atoms with Gasteiger partial charge in [0.1, 0.15) is 0 Å². The first-order valence-corrected chi connectivity index (χ1v) is 10.6. The summed E-state index contributed by atoms with van der Waals surface area (Å²) in [5, 5.41) is 0. The molecule has 7 nitrogen and oxygen atoms in total. The van der Waals surface area contributed by atoms with Crippen molar-refractivity contribution in [1.29, 1.82) is 0 Å². The van der Waals surface area contributed by atoms with Crippen molar-refractivity contribution >= 4 is 12.0 Å². The molecule has 0 aromatic heterocycles. The van der Waals surface area contributed by atoms with E-state index in [4.69, 9.17) is 9.47 Å². The zero-order valence-electron chi connectivity index (χ0n) is 16.4. The minimum Gasteiger partial charge on any atom is -0.450 e. The first kappa shape index (κ1) is 17.7. The smallest absolute Gasteiger partial charge is 0.410 e. The molecule has 27 heavy (non-hydrogen) atoms. The molecule has 0 N–H and O–H groups in total. The number of fused-ring (bicyclic) bond motifs is 3. The predicted molar refractivity (Wildman–Crippen MR) is 98.1 cm³/mol. The second kappa shape index (κ2) is 6.62. The highest BCUT2D eigenvalue weighted by Gasteiger charge is 2.61. The number of piperidine rings is 2. The topological polar surface area (TPSA) is 62.3 Å². The van der Waals surface area contributed by atoms with E-state index in [0.717, 1.165) is 25.9 Å². The highest BCUT2D eigenvalue weighted by molar-refractivity contribution is 5.83. The van der Waals surface area contributed by atoms with Gasteiger partial charge in [-0.2, -0.15) is 0 Å². The summed E-state index contributed by atoms with van der Waals surface area (Å²) in [5.41, 5.74) is 0. The zero-order chi connectivity index (χ0) is 18.7. The monoisotopic (exact) mass is 377 g/mol. The van der Waals surface area contributed by atoms with Gasteiger partial charge in [-0.1, -0.05) is 0 Å². The molecule has 5 rings (SSSR count). The average Bonchev–Trinajstić information content (AvgIpc) is 3.57. The number of hydrogen-bond donors (Lipinski definition) is 0. The number of carbonyl (C=O) groups is 2. The Kier molecular flexibility index (Phi) is 4.35. The lowest BCUT2D eigenvalue weighted by molar-refractivity contribution is -0.133. The molecule has 2 saturated carbocycles. The number of morpholine rings is 1. The van der Waals surface area contributed by atoms with Crippen LogP contribution in [0.15, 0.2) is 0 Å². The summed E-state index contributed by atoms with van der Waals surface area (Å²) < 4.78 is 11.0. The number of likely N-dealkylation sites (tertiary alicyclic amines) is 1. The van der Waals surface area contributed by atoms with Crippen molar-refractivity contribution in [2.75, 3.05) is 40.0 Å². The van der Waals surface area contributed by atoms with Crippen molar-refractivity contribution in [3.8, 4) is 0 Å². The predicted octanol–water partition coefficient (Wildman–Crippen LogP) is 1.17. The van der Waals surface area contributed by atoms with Crippen LogP contribution in [0.25, 0.3) is 0 Å². The number of hydrogen-bond acceptors (Lipinski definition) is 5. The SMILES string of the molecule is CCOC(=O)N1C2COCC1CC(N1C[C@@H]3C(C(=O)N(C)C4CC4)[C@@H]3C1)C2. The molecule has 0 spiro atoms. The van der Waals surface area contributed by atoms with Crippen molar-refractivity contribution in [3.63, 3.8) is 0 Å². The minimum atomic E-state index is -0.188. The fourth-order valence-corrected chi connectivity index (χ4v) is 5.78. The number of carbonyl (C=O) groups excluding carboxylic acids is 2. The van der Waals surface area contributed by atoms with Gasteiger partial charge in [0.2, 0.25) is 5.91 Å². The van der Waals surface area contributed by atoms with Crippen LogP contribution in [0.3, 0.4) is 0 Å². The average molecular weight is 377 g/mol. The molecule has 7 heteroatoms. The molecule has 0 aromatic rings. The van der Waals surface area contributed by atoms with E-state index in [1.807, 2.05) is 23.8 Å². The van der Waals surface area contributed by atoms with Gasteiger partial charge in [0, 0.05) is 38.1 Å². The lowest BCUT2D eigenvalue weighted by Gasteiger charge is -2.49. The molecule has 3 saturated heterocycles. The van der Waals surface area contributed by atoms with E-state index >= 15 is 0 Å². The maximum Gasteiger partial charge on any atom is 0.410 e. The Hall–Kier alpha value is -1.34. The fourth-order valence-electron chi connectivity index (χ4n) is 5.78. The molecule has 2 amide bonds. The van der Waals surface area contributed by atoms with Crippen LogP contribution >= 0.6 is 0 Å². The van der Waals surface area contributed by atoms with Crippen LogP contribution < -0.4 is 0 Å². The minimum absolute atomic E-state index is 0.122. The first-order valence-electron chi connectivity index (χ1n) is 10.6.